The number of nitrogens with one attached hydrogen (secondary N) is 1. The summed E-state index contributed by atoms with van der Waals surface area (Å²) in [4.78, 5) is 28.5. The van der Waals surface area contributed by atoms with E-state index >= 15 is 0 Å². The minimum atomic E-state index is -0.398. The van der Waals surface area contributed by atoms with Crippen LogP contribution in [0.3, 0.4) is 0 Å². The number of nitrogens with zero attached hydrogens (tertiary/aromatic N) is 5. The number of hydrogen-bond donors (Lipinski definition) is 1. The summed E-state index contributed by atoms with van der Waals surface area (Å²) in [6, 6.07) is 20.3. The Labute approximate surface area is 207 Å². The van der Waals surface area contributed by atoms with Crippen molar-refractivity contribution < 1.29 is 18.7 Å². The molecule has 1 aromatic heterocycles. The molecule has 0 aliphatic carbocycles. The maximum Gasteiger partial charge on any atom is 0.251 e. The maximum absolute atomic E-state index is 13.2. The van der Waals surface area contributed by atoms with E-state index in [-0.39, 0.29) is 31.4 Å². The molecule has 1 heterocycles. The molecule has 9 nitrogen and oxygen atoms in total. The summed E-state index contributed by atoms with van der Waals surface area (Å²) in [6.07, 6.45) is 0. The van der Waals surface area contributed by atoms with Gasteiger partial charge in [-0.05, 0) is 54.1 Å². The van der Waals surface area contributed by atoms with Crippen molar-refractivity contribution in [1.29, 1.82) is 0 Å². The predicted octanol–water partition coefficient (Wildman–Crippen LogP) is 3.15. The Bertz CT molecular complexity index is 1320. The molecule has 1 N–H and O–H groups in total. The molecular formula is C26H25FN6O3. The molecule has 0 unspecified atom stereocenters. The molecule has 2 amide bonds. The fourth-order valence-electron chi connectivity index (χ4n) is 3.42. The summed E-state index contributed by atoms with van der Waals surface area (Å²) >= 11 is 0. The monoisotopic (exact) mass is 488 g/mol. The van der Waals surface area contributed by atoms with Gasteiger partial charge in [0.1, 0.15) is 24.7 Å². The third-order valence-electron chi connectivity index (χ3n) is 5.43. The summed E-state index contributed by atoms with van der Waals surface area (Å²) in [7, 11) is 1.54. The molecule has 4 aromatic rings. The topological polar surface area (TPSA) is 102 Å². The van der Waals surface area contributed by atoms with Crippen molar-refractivity contribution in [2.24, 2.45) is 0 Å². The lowest BCUT2D eigenvalue weighted by Gasteiger charge is -2.22. The quantitative estimate of drug-likeness (QED) is 0.388. The molecular weight excluding hydrogens is 463 g/mol. The van der Waals surface area contributed by atoms with Gasteiger partial charge in [-0.15, -0.1) is 10.2 Å². The highest BCUT2D eigenvalue weighted by molar-refractivity contribution is 5.98. The predicted molar refractivity (Wildman–Crippen MR) is 132 cm³/mol. The van der Waals surface area contributed by atoms with Gasteiger partial charge in [0, 0.05) is 17.8 Å². The van der Waals surface area contributed by atoms with Crippen molar-refractivity contribution in [3.05, 3.63) is 89.7 Å². The van der Waals surface area contributed by atoms with Crippen LogP contribution in [0.4, 0.5) is 10.1 Å². The van der Waals surface area contributed by atoms with Gasteiger partial charge in [-0.25, -0.2) is 4.39 Å². The van der Waals surface area contributed by atoms with E-state index in [0.717, 1.165) is 16.7 Å². The molecule has 10 heteroatoms. The molecule has 36 heavy (non-hydrogen) atoms. The third-order valence-corrected chi connectivity index (χ3v) is 5.43. The maximum atomic E-state index is 13.2. The zero-order valence-corrected chi connectivity index (χ0v) is 19.9. The van der Waals surface area contributed by atoms with Crippen LogP contribution in [0, 0.1) is 12.7 Å². The molecule has 3 aromatic carbocycles. The number of benzene rings is 3. The van der Waals surface area contributed by atoms with Gasteiger partial charge in [0.2, 0.25) is 11.7 Å². The van der Waals surface area contributed by atoms with Gasteiger partial charge in [-0.3, -0.25) is 9.59 Å². The molecule has 0 spiro atoms. The van der Waals surface area contributed by atoms with Crippen LogP contribution in [0.2, 0.25) is 0 Å². The van der Waals surface area contributed by atoms with Gasteiger partial charge < -0.3 is 15.0 Å². The second kappa shape index (κ2) is 11.2. The van der Waals surface area contributed by atoms with Gasteiger partial charge in [0.05, 0.1) is 7.11 Å². The summed E-state index contributed by atoms with van der Waals surface area (Å²) in [5.74, 6) is -0.114. The molecule has 184 valence electrons. The Balaban J connectivity index is 1.47. The zero-order valence-electron chi connectivity index (χ0n) is 19.9. The Kier molecular flexibility index (Phi) is 7.64. The molecule has 0 aliphatic heterocycles. The molecule has 0 radical (unpaired) electrons. The van der Waals surface area contributed by atoms with Gasteiger partial charge in [-0.1, -0.05) is 42.0 Å². The van der Waals surface area contributed by atoms with E-state index in [1.165, 1.54) is 21.8 Å². The SMILES string of the molecule is COc1ccc(N(CC(=O)NCc2ccc(F)cc2)C(=O)Cn2nnc(-c3ccc(C)cc3)n2)cc1. The second-order valence-corrected chi connectivity index (χ2v) is 8.09. The number of ether oxygens (including phenoxy) is 1. The lowest BCUT2D eigenvalue weighted by Crippen LogP contribution is -2.42. The van der Waals surface area contributed by atoms with E-state index in [2.05, 4.69) is 20.7 Å². The summed E-state index contributed by atoms with van der Waals surface area (Å²) in [5, 5.41) is 15.1. The second-order valence-electron chi connectivity index (χ2n) is 8.09. The summed E-state index contributed by atoms with van der Waals surface area (Å²) in [6.45, 7) is 1.74. The van der Waals surface area contributed by atoms with Crippen LogP contribution in [0.15, 0.2) is 72.8 Å². The van der Waals surface area contributed by atoms with Gasteiger partial charge in [0.15, 0.2) is 0 Å². The van der Waals surface area contributed by atoms with Crippen LogP contribution in [-0.4, -0.2) is 45.7 Å². The van der Waals surface area contributed by atoms with Crippen molar-refractivity contribution in [1.82, 2.24) is 25.5 Å². The standard InChI is InChI=1S/C26H25FN6O3/c1-18-3-7-20(8-4-18)26-29-31-33(30-26)17-25(35)32(22-11-13-23(36-2)14-12-22)16-24(34)28-15-19-5-9-21(27)10-6-19/h3-14H,15-17H2,1-2H3,(H,28,34). The Morgan fingerprint density at radius 1 is 1.00 bits per heavy atom. The van der Waals surface area contributed by atoms with Crippen LogP contribution in [0.1, 0.15) is 11.1 Å². The van der Waals surface area contributed by atoms with Gasteiger partial charge >= 0.3 is 0 Å². The number of rotatable bonds is 9. The summed E-state index contributed by atoms with van der Waals surface area (Å²) in [5.41, 5.74) is 3.14. The van der Waals surface area contributed by atoms with Crippen molar-refractivity contribution in [2.75, 3.05) is 18.6 Å². The van der Waals surface area contributed by atoms with E-state index in [4.69, 9.17) is 4.74 Å². The van der Waals surface area contributed by atoms with Crippen LogP contribution < -0.4 is 15.0 Å². The van der Waals surface area contributed by atoms with Gasteiger partial charge in [-0.2, -0.15) is 4.80 Å². The van der Waals surface area contributed by atoms with E-state index in [1.54, 1.807) is 43.5 Å². The number of carbonyl (C=O) groups is 2. The average Bonchev–Trinajstić information content (AvgIpc) is 3.35. The number of methoxy groups -OCH3 is 1. The highest BCUT2D eigenvalue weighted by atomic mass is 19.1. The van der Waals surface area contributed by atoms with E-state index < -0.39 is 5.91 Å². The fraction of sp³-hybridized carbons (Fsp3) is 0.192. The number of tetrazole rings is 1. The largest absolute Gasteiger partial charge is 0.497 e. The van der Waals surface area contributed by atoms with Crippen LogP contribution in [0.5, 0.6) is 5.75 Å². The van der Waals surface area contributed by atoms with E-state index in [1.807, 2.05) is 31.2 Å². The Morgan fingerprint density at radius 2 is 1.69 bits per heavy atom. The van der Waals surface area contributed by atoms with E-state index in [0.29, 0.717) is 17.3 Å². The first kappa shape index (κ1) is 24.5. The fourth-order valence-corrected chi connectivity index (χ4v) is 3.42. The number of aryl methyl sites for hydroxylation is 1. The van der Waals surface area contributed by atoms with Gasteiger partial charge in [0.25, 0.3) is 5.91 Å². The van der Waals surface area contributed by atoms with Crippen LogP contribution >= 0.6 is 0 Å². The number of anilines is 1. The number of halogens is 1. The molecule has 0 atom stereocenters. The zero-order chi connectivity index (χ0) is 25.5. The molecule has 0 bridgehead atoms. The molecule has 0 saturated heterocycles. The van der Waals surface area contributed by atoms with Crippen molar-refractivity contribution >= 4 is 17.5 Å². The highest BCUT2D eigenvalue weighted by Gasteiger charge is 2.21. The lowest BCUT2D eigenvalue weighted by atomic mass is 10.1. The molecule has 0 aliphatic rings. The minimum Gasteiger partial charge on any atom is -0.497 e. The van der Waals surface area contributed by atoms with Crippen molar-refractivity contribution in [3.8, 4) is 17.1 Å². The number of aromatic nitrogens is 4. The number of carbonyl (C=O) groups excluding carboxylic acids is 2. The van der Waals surface area contributed by atoms with Crippen LogP contribution in [0.25, 0.3) is 11.4 Å². The van der Waals surface area contributed by atoms with E-state index in [9.17, 15) is 14.0 Å². The van der Waals surface area contributed by atoms with Crippen molar-refractivity contribution in [2.45, 2.75) is 20.0 Å². The highest BCUT2D eigenvalue weighted by Crippen LogP contribution is 2.20. The third kappa shape index (κ3) is 6.29. The smallest absolute Gasteiger partial charge is 0.251 e. The Hall–Kier alpha value is -4.60. The first-order valence-electron chi connectivity index (χ1n) is 11.2. The first-order chi connectivity index (χ1) is 17.4. The lowest BCUT2D eigenvalue weighted by molar-refractivity contribution is -0.124. The number of hydrogen-bond acceptors (Lipinski definition) is 6. The van der Waals surface area contributed by atoms with Crippen LogP contribution in [-0.2, 0) is 22.7 Å². The number of amides is 2. The molecule has 4 rings (SSSR count). The first-order valence-corrected chi connectivity index (χ1v) is 11.2. The average molecular weight is 489 g/mol. The van der Waals surface area contributed by atoms with Crippen molar-refractivity contribution in [3.63, 3.8) is 0 Å². The molecule has 0 fully saturated rings. The minimum absolute atomic E-state index is 0.203. The normalized spacial score (nSPS) is 10.6. The Morgan fingerprint density at radius 3 is 2.36 bits per heavy atom. The molecule has 0 saturated carbocycles. The summed E-state index contributed by atoms with van der Waals surface area (Å²) < 4.78 is 18.3.